The maximum Gasteiger partial charge on any atom is 0.194 e. The van der Waals surface area contributed by atoms with E-state index in [-0.39, 0.29) is 0 Å². The van der Waals surface area contributed by atoms with Crippen LogP contribution >= 0.6 is 0 Å². The summed E-state index contributed by atoms with van der Waals surface area (Å²) in [5, 5.41) is 0. The quantitative estimate of drug-likeness (QED) is 0.0573. The average Bonchev–Trinajstić information content (AvgIpc) is 1.51. The molecule has 0 fully saturated rings. The third-order valence-electron chi connectivity index (χ3n) is 19.8. The molecule has 0 saturated carbocycles. The first-order valence-electron chi connectivity index (χ1n) is 32.5. The Morgan fingerprint density at radius 2 is 0.520 bits per heavy atom. The van der Waals surface area contributed by atoms with Crippen LogP contribution < -0.4 is 9.80 Å². The Kier molecular flexibility index (Phi) is 15.5. The number of rotatable bonds is 15. The second kappa shape index (κ2) is 24.9. The highest BCUT2D eigenvalue weighted by molar-refractivity contribution is 5.93. The van der Waals surface area contributed by atoms with Crippen molar-refractivity contribution >= 4 is 46.3 Å². The van der Waals surface area contributed by atoms with E-state index >= 15 is 35.1 Å². The van der Waals surface area contributed by atoms with Gasteiger partial charge < -0.3 is 9.80 Å². The summed E-state index contributed by atoms with van der Waals surface area (Å²) < 4.78 is 130. The first kappa shape index (κ1) is 62.4. The summed E-state index contributed by atoms with van der Waals surface area (Å²) in [6, 6.07) is 93.0. The van der Waals surface area contributed by atoms with E-state index in [4.69, 9.17) is 0 Å². The van der Waals surface area contributed by atoms with Crippen molar-refractivity contribution in [2.75, 3.05) is 9.80 Å². The van der Waals surface area contributed by atoms with E-state index in [1.165, 1.54) is 0 Å². The second-order valence-electron chi connectivity index (χ2n) is 25.0. The summed E-state index contributed by atoms with van der Waals surface area (Å²) in [5.41, 5.74) is 11.6. The Hall–Kier alpha value is -12.4. The number of hydrogen-bond acceptors (Lipinski definition) is 2. The molecule has 2 unspecified atom stereocenters. The predicted molar refractivity (Wildman–Crippen MR) is 387 cm³/mol. The van der Waals surface area contributed by atoms with Gasteiger partial charge in [0.05, 0.1) is 10.8 Å². The minimum atomic E-state index is -1.83. The molecule has 0 saturated heterocycles. The molecule has 16 rings (SSSR count). The van der Waals surface area contributed by atoms with Gasteiger partial charge in [-0.25, -0.2) is 35.1 Å². The minimum Gasteiger partial charge on any atom is -0.310 e. The molecule has 2 aliphatic carbocycles. The zero-order valence-electron chi connectivity index (χ0n) is 53.4. The van der Waals surface area contributed by atoms with Crippen LogP contribution in [-0.2, 0) is 10.8 Å². The molecule has 0 spiro atoms. The molecule has 0 amide bonds. The van der Waals surface area contributed by atoms with E-state index < -0.39 is 68.5 Å². The predicted octanol–water partition coefficient (Wildman–Crippen LogP) is 24.8. The summed E-state index contributed by atoms with van der Waals surface area (Å²) in [6.45, 7) is 7.84. The van der Waals surface area contributed by atoms with Crippen molar-refractivity contribution in [1.29, 1.82) is 0 Å². The highest BCUT2D eigenvalue weighted by atomic mass is 19.2. The van der Waals surface area contributed by atoms with Crippen molar-refractivity contribution in [3.05, 3.63) is 419 Å². The zero-order chi connectivity index (χ0) is 68.6. The SMILES string of the molecule is C=Cc1ccc(C2(c3c(F)cc(F)c(F)c3F)c3ccccc3-c3ccc(N(c4ccc(-c5ccccc5)cc4)c4ccc(-c5ccc(N(c6ccc(-c7ccccc7)cc6)c6ccc7c(c6)C(c6ccc(C=C)cc6)(c6c(F)cc(F)c(F)c6F)c6ccccc6-7)cc5)cc4)cc32)cc1. The van der Waals surface area contributed by atoms with Crippen molar-refractivity contribution in [1.82, 2.24) is 0 Å². The van der Waals surface area contributed by atoms with Crippen LogP contribution in [0.5, 0.6) is 0 Å². The Labute approximate surface area is 573 Å². The Morgan fingerprint density at radius 3 is 0.840 bits per heavy atom. The smallest absolute Gasteiger partial charge is 0.194 e. The number of halogens is 8. The standard InChI is InChI=1S/C90H56F8N2/c1-3-55-23-35-63(36-24-55)89(83-79(91)53-81(93)85(95)87(83)97)75-21-13-11-19-71(75)73-49-47-69(51-77(73)89)99(65-39-27-59(28-40-65)57-15-7-5-8-16-57)67-43-31-61(32-44-67)62-33-45-68(46-34-62)100(66-41-29-60(30-42-66)58-17-9-6-10-18-58)70-48-50-74-72-20-12-14-22-76(72)90(78(74)52-70,64-37-25-56(4-2)26-38-64)84-80(92)54-82(94)86(96)88(84)98/h3-54H,1-2H2. The van der Waals surface area contributed by atoms with Gasteiger partial charge in [-0.3, -0.25) is 0 Å². The zero-order valence-corrected chi connectivity index (χ0v) is 53.4. The van der Waals surface area contributed by atoms with Gasteiger partial charge in [-0.15, -0.1) is 0 Å². The summed E-state index contributed by atoms with van der Waals surface area (Å²) in [7, 11) is 0. The van der Waals surface area contributed by atoms with Crippen LogP contribution in [0, 0.1) is 46.5 Å². The van der Waals surface area contributed by atoms with Crippen molar-refractivity contribution in [3.8, 4) is 55.6 Å². The van der Waals surface area contributed by atoms with E-state index in [0.29, 0.717) is 90.5 Å². The van der Waals surface area contributed by atoms with Crippen molar-refractivity contribution < 1.29 is 35.1 Å². The second-order valence-corrected chi connectivity index (χ2v) is 25.0. The molecular weight excluding hydrogens is 1260 g/mol. The van der Waals surface area contributed by atoms with Gasteiger partial charge >= 0.3 is 0 Å². The first-order valence-corrected chi connectivity index (χ1v) is 32.5. The fourth-order valence-electron chi connectivity index (χ4n) is 15.2. The van der Waals surface area contributed by atoms with Gasteiger partial charge in [-0.2, -0.15) is 0 Å². The van der Waals surface area contributed by atoms with Crippen LogP contribution in [0.2, 0.25) is 0 Å². The lowest BCUT2D eigenvalue weighted by Gasteiger charge is -2.35. The molecule has 0 radical (unpaired) electrons. The Morgan fingerprint density at radius 1 is 0.240 bits per heavy atom. The van der Waals surface area contributed by atoms with Gasteiger partial charge in [0.15, 0.2) is 34.9 Å². The summed E-state index contributed by atoms with van der Waals surface area (Å²) in [5.74, 6) is -12.6. The van der Waals surface area contributed by atoms with Crippen LogP contribution in [0.4, 0.5) is 69.2 Å². The van der Waals surface area contributed by atoms with Gasteiger partial charge in [0.25, 0.3) is 0 Å². The van der Waals surface area contributed by atoms with E-state index in [2.05, 4.69) is 13.2 Å². The van der Waals surface area contributed by atoms with Gasteiger partial charge in [0, 0.05) is 57.4 Å². The Bertz CT molecular complexity index is 5180. The third-order valence-corrected chi connectivity index (χ3v) is 19.8. The van der Waals surface area contributed by atoms with Crippen LogP contribution in [0.1, 0.15) is 55.6 Å². The number of fused-ring (bicyclic) bond motifs is 6. The van der Waals surface area contributed by atoms with Crippen LogP contribution in [0.3, 0.4) is 0 Å². The van der Waals surface area contributed by atoms with Crippen molar-refractivity contribution in [2.45, 2.75) is 10.8 Å². The lowest BCUT2D eigenvalue weighted by Crippen LogP contribution is -2.32. The lowest BCUT2D eigenvalue weighted by atomic mass is 9.67. The van der Waals surface area contributed by atoms with E-state index in [1.54, 1.807) is 84.9 Å². The molecular formula is C90H56F8N2. The molecule has 0 bridgehead atoms. The molecule has 0 aliphatic heterocycles. The topological polar surface area (TPSA) is 6.48 Å². The fraction of sp³-hybridized carbons (Fsp3) is 0.0222. The number of hydrogen-bond donors (Lipinski definition) is 0. The normalized spacial score (nSPS) is 14.8. The van der Waals surface area contributed by atoms with E-state index in [9.17, 15) is 0 Å². The van der Waals surface area contributed by atoms with Gasteiger partial charge in [0.2, 0.25) is 0 Å². The first-order chi connectivity index (χ1) is 48.8. The highest BCUT2D eigenvalue weighted by Gasteiger charge is 2.52. The van der Waals surface area contributed by atoms with E-state index in [1.807, 2.05) is 228 Å². The molecule has 100 heavy (non-hydrogen) atoms. The number of anilines is 6. The van der Waals surface area contributed by atoms with Crippen molar-refractivity contribution in [3.63, 3.8) is 0 Å². The minimum absolute atomic E-state index is 0.411. The van der Waals surface area contributed by atoms with E-state index in [0.717, 1.165) is 55.9 Å². The molecule has 482 valence electrons. The molecule has 0 N–H and O–H groups in total. The van der Waals surface area contributed by atoms with Crippen LogP contribution in [0.25, 0.3) is 67.8 Å². The largest absolute Gasteiger partial charge is 0.310 e. The van der Waals surface area contributed by atoms with Crippen LogP contribution in [-0.4, -0.2) is 0 Å². The van der Waals surface area contributed by atoms with Crippen molar-refractivity contribution in [2.24, 2.45) is 0 Å². The van der Waals surface area contributed by atoms with Gasteiger partial charge in [-0.1, -0.05) is 244 Å². The lowest BCUT2D eigenvalue weighted by molar-refractivity contribution is 0.416. The monoisotopic (exact) mass is 1320 g/mol. The number of benzene rings is 14. The molecule has 2 nitrogen and oxygen atoms in total. The van der Waals surface area contributed by atoms with Crippen LogP contribution in [0.15, 0.2) is 316 Å². The fourth-order valence-corrected chi connectivity index (χ4v) is 15.2. The molecule has 10 heteroatoms. The highest BCUT2D eigenvalue weighted by Crippen LogP contribution is 2.61. The maximum atomic E-state index is 17.0. The molecule has 2 atom stereocenters. The Balaban J connectivity index is 0.830. The van der Waals surface area contributed by atoms with Gasteiger partial charge in [-0.05, 0) is 173 Å². The average molecular weight is 1320 g/mol. The molecule has 0 aromatic heterocycles. The van der Waals surface area contributed by atoms with Gasteiger partial charge in [0.1, 0.15) is 11.6 Å². The summed E-state index contributed by atoms with van der Waals surface area (Å²) in [4.78, 5) is 4.09. The third kappa shape index (κ3) is 9.99. The number of nitrogens with zero attached hydrogens (tertiary/aromatic N) is 2. The molecule has 14 aromatic rings. The summed E-state index contributed by atoms with van der Waals surface area (Å²) in [6.07, 6.45) is 3.30. The molecule has 14 aromatic carbocycles. The maximum absolute atomic E-state index is 17.0. The molecule has 0 heterocycles. The summed E-state index contributed by atoms with van der Waals surface area (Å²) >= 11 is 0. The molecule has 2 aliphatic rings.